The zero-order chi connectivity index (χ0) is 14.4. The minimum Gasteiger partial charge on any atom is -0.488 e. The summed E-state index contributed by atoms with van der Waals surface area (Å²) >= 11 is 0. The molecule has 1 atom stereocenters. The zero-order valence-electron chi connectivity index (χ0n) is 12.3. The third-order valence-corrected chi connectivity index (χ3v) is 3.33. The van der Waals surface area contributed by atoms with Gasteiger partial charge in [0.1, 0.15) is 6.61 Å². The highest BCUT2D eigenvalue weighted by atomic mass is 19.1. The minimum atomic E-state index is -0.299. The van der Waals surface area contributed by atoms with Crippen LogP contribution in [0.3, 0.4) is 0 Å². The highest BCUT2D eigenvalue weighted by Crippen LogP contribution is 2.20. The average molecular weight is 281 g/mol. The van der Waals surface area contributed by atoms with Crippen molar-refractivity contribution in [1.82, 2.24) is 5.32 Å². The van der Waals surface area contributed by atoms with Gasteiger partial charge in [-0.25, -0.2) is 4.39 Å². The Morgan fingerprint density at radius 2 is 2.30 bits per heavy atom. The van der Waals surface area contributed by atoms with Gasteiger partial charge in [0, 0.05) is 13.2 Å². The number of nitrogens with one attached hydrogen (secondary N) is 1. The van der Waals surface area contributed by atoms with Gasteiger partial charge in [-0.3, -0.25) is 0 Å². The molecule has 0 aliphatic carbocycles. The van der Waals surface area contributed by atoms with Crippen LogP contribution in [0.15, 0.2) is 18.2 Å². The summed E-state index contributed by atoms with van der Waals surface area (Å²) in [6.45, 7) is 7.13. The van der Waals surface area contributed by atoms with Gasteiger partial charge < -0.3 is 14.8 Å². The van der Waals surface area contributed by atoms with E-state index in [9.17, 15) is 4.39 Å². The minimum absolute atomic E-state index is 0.113. The largest absolute Gasteiger partial charge is 0.488 e. The van der Waals surface area contributed by atoms with Crippen molar-refractivity contribution >= 4 is 0 Å². The fourth-order valence-electron chi connectivity index (χ4n) is 2.24. The summed E-state index contributed by atoms with van der Waals surface area (Å²) in [5.41, 5.74) is 0.938. The van der Waals surface area contributed by atoms with Crippen molar-refractivity contribution in [3.63, 3.8) is 0 Å². The molecule has 1 aromatic rings. The Bertz CT molecular complexity index is 417. The molecule has 0 radical (unpaired) electrons. The topological polar surface area (TPSA) is 30.5 Å². The lowest BCUT2D eigenvalue weighted by Crippen LogP contribution is -2.19. The summed E-state index contributed by atoms with van der Waals surface area (Å²) in [6.07, 6.45) is 2.18. The van der Waals surface area contributed by atoms with Gasteiger partial charge in [0.25, 0.3) is 0 Å². The van der Waals surface area contributed by atoms with Crippen LogP contribution >= 0.6 is 0 Å². The Kier molecular flexibility index (Phi) is 5.80. The van der Waals surface area contributed by atoms with Crippen LogP contribution in [-0.4, -0.2) is 25.9 Å². The molecule has 4 heteroatoms. The summed E-state index contributed by atoms with van der Waals surface area (Å²) in [5, 5.41) is 3.30. The van der Waals surface area contributed by atoms with E-state index in [1.165, 1.54) is 6.07 Å². The fraction of sp³-hybridized carbons (Fsp3) is 0.625. The molecule has 112 valence electrons. The van der Waals surface area contributed by atoms with E-state index in [-0.39, 0.29) is 11.9 Å². The van der Waals surface area contributed by atoms with Crippen LogP contribution in [0.1, 0.15) is 32.3 Å². The molecular formula is C16H24FNO2. The number of benzene rings is 1. The maximum Gasteiger partial charge on any atom is 0.165 e. The van der Waals surface area contributed by atoms with E-state index in [0.717, 1.165) is 31.6 Å². The molecule has 20 heavy (non-hydrogen) atoms. The van der Waals surface area contributed by atoms with Crippen LogP contribution in [0.5, 0.6) is 5.75 Å². The normalized spacial score (nSPS) is 18.7. The van der Waals surface area contributed by atoms with Crippen molar-refractivity contribution in [3.05, 3.63) is 29.6 Å². The zero-order valence-corrected chi connectivity index (χ0v) is 12.3. The Labute approximate surface area is 120 Å². The second-order valence-electron chi connectivity index (χ2n) is 5.74. The van der Waals surface area contributed by atoms with Gasteiger partial charge >= 0.3 is 0 Å². The molecule has 2 rings (SSSR count). The molecule has 1 N–H and O–H groups in total. The predicted octanol–water partition coefficient (Wildman–Crippen LogP) is 3.13. The number of halogens is 1. The SMILES string of the molecule is CC(C)CNCc1ccc(OCC2CCCO2)c(F)c1. The molecule has 1 saturated heterocycles. The van der Waals surface area contributed by atoms with Gasteiger partial charge in [-0.2, -0.15) is 0 Å². The molecule has 1 unspecified atom stereocenters. The molecule has 1 aromatic carbocycles. The molecule has 0 amide bonds. The van der Waals surface area contributed by atoms with E-state index < -0.39 is 0 Å². The Balaban J connectivity index is 1.81. The van der Waals surface area contributed by atoms with Crippen LogP contribution in [0.2, 0.25) is 0 Å². The van der Waals surface area contributed by atoms with E-state index in [1.807, 2.05) is 6.07 Å². The molecule has 1 aliphatic rings. The van der Waals surface area contributed by atoms with Gasteiger partial charge in [0.15, 0.2) is 11.6 Å². The molecule has 3 nitrogen and oxygen atoms in total. The first-order valence-electron chi connectivity index (χ1n) is 7.38. The standard InChI is InChI=1S/C16H24FNO2/c1-12(2)9-18-10-13-5-6-16(15(17)8-13)20-11-14-4-3-7-19-14/h5-6,8,12,14,18H,3-4,7,9-11H2,1-2H3. The lowest BCUT2D eigenvalue weighted by Gasteiger charge is -2.13. The summed E-state index contributed by atoms with van der Waals surface area (Å²) in [7, 11) is 0. The van der Waals surface area contributed by atoms with Crippen molar-refractivity contribution in [3.8, 4) is 5.75 Å². The summed E-state index contributed by atoms with van der Waals surface area (Å²) in [6, 6.07) is 5.15. The first-order chi connectivity index (χ1) is 9.65. The molecule has 0 spiro atoms. The number of hydrogen-bond acceptors (Lipinski definition) is 3. The third kappa shape index (κ3) is 4.76. The lowest BCUT2D eigenvalue weighted by atomic mass is 10.2. The number of ether oxygens (including phenoxy) is 2. The average Bonchev–Trinajstić information content (AvgIpc) is 2.90. The highest BCUT2D eigenvalue weighted by Gasteiger charge is 2.16. The molecular weight excluding hydrogens is 257 g/mol. The van der Waals surface area contributed by atoms with Crippen molar-refractivity contribution in [2.75, 3.05) is 19.8 Å². The third-order valence-electron chi connectivity index (χ3n) is 3.33. The Morgan fingerprint density at radius 1 is 1.45 bits per heavy atom. The summed E-state index contributed by atoms with van der Waals surface area (Å²) in [5.74, 6) is 0.605. The van der Waals surface area contributed by atoms with Crippen LogP contribution < -0.4 is 10.1 Å². The summed E-state index contributed by atoms with van der Waals surface area (Å²) in [4.78, 5) is 0. The fourth-order valence-corrected chi connectivity index (χ4v) is 2.24. The molecule has 1 aliphatic heterocycles. The first kappa shape index (κ1) is 15.3. The van der Waals surface area contributed by atoms with Crippen molar-refractivity contribution < 1.29 is 13.9 Å². The summed E-state index contributed by atoms with van der Waals surface area (Å²) < 4.78 is 24.9. The van der Waals surface area contributed by atoms with Crippen LogP contribution in [-0.2, 0) is 11.3 Å². The smallest absolute Gasteiger partial charge is 0.165 e. The van der Waals surface area contributed by atoms with Crippen LogP contribution in [0.25, 0.3) is 0 Å². The maximum absolute atomic E-state index is 13.9. The maximum atomic E-state index is 13.9. The quantitative estimate of drug-likeness (QED) is 0.833. The van der Waals surface area contributed by atoms with Gasteiger partial charge in [0.2, 0.25) is 0 Å². The van der Waals surface area contributed by atoms with Crippen molar-refractivity contribution in [2.24, 2.45) is 5.92 Å². The van der Waals surface area contributed by atoms with Gasteiger partial charge in [-0.1, -0.05) is 19.9 Å². The predicted molar refractivity (Wildman–Crippen MR) is 77.4 cm³/mol. The van der Waals surface area contributed by atoms with E-state index in [2.05, 4.69) is 19.2 Å². The van der Waals surface area contributed by atoms with Gasteiger partial charge in [0.05, 0.1) is 6.10 Å². The van der Waals surface area contributed by atoms with Gasteiger partial charge in [-0.05, 0) is 43.0 Å². The monoisotopic (exact) mass is 281 g/mol. The number of rotatable bonds is 7. The number of hydrogen-bond donors (Lipinski definition) is 1. The van der Waals surface area contributed by atoms with E-state index in [0.29, 0.717) is 24.8 Å². The van der Waals surface area contributed by atoms with E-state index in [4.69, 9.17) is 9.47 Å². The lowest BCUT2D eigenvalue weighted by molar-refractivity contribution is 0.0665. The second kappa shape index (κ2) is 7.60. The molecule has 0 bridgehead atoms. The van der Waals surface area contributed by atoms with Gasteiger partial charge in [-0.15, -0.1) is 0 Å². The Morgan fingerprint density at radius 3 is 2.95 bits per heavy atom. The highest BCUT2D eigenvalue weighted by molar-refractivity contribution is 5.29. The van der Waals surface area contributed by atoms with Crippen molar-refractivity contribution in [2.45, 2.75) is 39.3 Å². The van der Waals surface area contributed by atoms with E-state index in [1.54, 1.807) is 6.07 Å². The second-order valence-corrected chi connectivity index (χ2v) is 5.74. The molecule has 0 saturated carbocycles. The van der Waals surface area contributed by atoms with Crippen molar-refractivity contribution in [1.29, 1.82) is 0 Å². The van der Waals surface area contributed by atoms with Crippen LogP contribution in [0.4, 0.5) is 4.39 Å². The first-order valence-corrected chi connectivity index (χ1v) is 7.38. The van der Waals surface area contributed by atoms with E-state index >= 15 is 0 Å². The molecule has 1 fully saturated rings. The molecule has 0 aromatic heterocycles. The molecule has 1 heterocycles. The Hall–Kier alpha value is -1.13. The van der Waals surface area contributed by atoms with Crippen LogP contribution in [0, 0.1) is 11.7 Å².